The number of hydrogen-bond acceptors (Lipinski definition) is 3. The minimum Gasteiger partial charge on any atom is -0.387 e. The fourth-order valence-electron chi connectivity index (χ4n) is 3.17. The number of benzene rings is 1. The Balaban J connectivity index is 1.82. The Labute approximate surface area is 130 Å². The molecule has 1 aromatic rings. The minimum absolute atomic E-state index is 0.340. The summed E-state index contributed by atoms with van der Waals surface area (Å²) in [6, 6.07) is 3.54. The fourth-order valence-corrected chi connectivity index (χ4v) is 3.17. The molecule has 2 atom stereocenters. The van der Waals surface area contributed by atoms with Crippen LogP contribution in [0.25, 0.3) is 0 Å². The van der Waals surface area contributed by atoms with E-state index in [1.807, 2.05) is 0 Å². The maximum atomic E-state index is 13.0. The number of urea groups is 1. The number of imide groups is 1. The summed E-state index contributed by atoms with van der Waals surface area (Å²) in [6.07, 6.45) is -4.91. The summed E-state index contributed by atoms with van der Waals surface area (Å²) < 4.78 is 39.0. The number of fused-ring (bicyclic) bond motifs is 1. The van der Waals surface area contributed by atoms with Crippen LogP contribution in [0.5, 0.6) is 0 Å². The van der Waals surface area contributed by atoms with Gasteiger partial charge in [-0.1, -0.05) is 18.2 Å². The Morgan fingerprint density at radius 2 is 1.96 bits per heavy atom. The molecular formula is C15H15F3N2O3. The van der Waals surface area contributed by atoms with E-state index in [2.05, 4.69) is 0 Å². The molecule has 8 heteroatoms. The van der Waals surface area contributed by atoms with Crippen molar-refractivity contribution in [2.75, 3.05) is 13.1 Å². The highest BCUT2D eigenvalue weighted by Gasteiger charge is 2.48. The highest BCUT2D eigenvalue weighted by molar-refractivity contribution is 6.04. The molecule has 0 spiro atoms. The number of carbonyl (C=O) groups is 2. The van der Waals surface area contributed by atoms with Crippen LogP contribution in [0.1, 0.15) is 30.1 Å². The van der Waals surface area contributed by atoms with Crippen LogP contribution in [0.4, 0.5) is 18.0 Å². The third kappa shape index (κ3) is 2.67. The number of alkyl halides is 3. The van der Waals surface area contributed by atoms with Gasteiger partial charge in [-0.3, -0.25) is 9.69 Å². The number of rotatable bonds is 3. The highest BCUT2D eigenvalue weighted by Crippen LogP contribution is 2.35. The number of halogens is 3. The first-order valence-electron chi connectivity index (χ1n) is 7.27. The zero-order chi connectivity index (χ0) is 16.8. The van der Waals surface area contributed by atoms with Crippen molar-refractivity contribution in [3.05, 3.63) is 35.4 Å². The molecule has 124 valence electrons. The molecule has 3 rings (SSSR count). The van der Waals surface area contributed by atoms with E-state index >= 15 is 0 Å². The van der Waals surface area contributed by atoms with E-state index in [1.54, 1.807) is 0 Å². The maximum Gasteiger partial charge on any atom is 0.416 e. The van der Waals surface area contributed by atoms with Gasteiger partial charge in [-0.05, 0) is 24.5 Å². The average molecular weight is 328 g/mol. The van der Waals surface area contributed by atoms with Crippen LogP contribution in [0.2, 0.25) is 0 Å². The predicted molar refractivity (Wildman–Crippen MR) is 73.2 cm³/mol. The quantitative estimate of drug-likeness (QED) is 0.865. The van der Waals surface area contributed by atoms with Crippen LogP contribution >= 0.6 is 0 Å². The van der Waals surface area contributed by atoms with Crippen molar-refractivity contribution in [2.45, 2.75) is 31.2 Å². The molecule has 0 saturated carbocycles. The highest BCUT2D eigenvalue weighted by atomic mass is 19.4. The van der Waals surface area contributed by atoms with Crippen LogP contribution in [0, 0.1) is 0 Å². The lowest BCUT2D eigenvalue weighted by Crippen LogP contribution is -2.36. The molecule has 5 nitrogen and oxygen atoms in total. The average Bonchev–Trinajstić information content (AvgIpc) is 3.06. The summed E-state index contributed by atoms with van der Waals surface area (Å²) in [5.74, 6) is -0.448. The molecule has 2 aliphatic heterocycles. The lowest BCUT2D eigenvalue weighted by atomic mass is 10.0. The van der Waals surface area contributed by atoms with Gasteiger partial charge in [0.25, 0.3) is 5.91 Å². The zero-order valence-corrected chi connectivity index (χ0v) is 12.1. The van der Waals surface area contributed by atoms with Crippen molar-refractivity contribution in [2.24, 2.45) is 0 Å². The summed E-state index contributed by atoms with van der Waals surface area (Å²) in [5.41, 5.74) is -1.31. The Morgan fingerprint density at radius 1 is 1.26 bits per heavy atom. The van der Waals surface area contributed by atoms with Crippen molar-refractivity contribution >= 4 is 11.9 Å². The SMILES string of the molecule is O=C1[C@H]2CCCN2C(=O)N1C[C@H](O)c1ccccc1C(F)(F)F. The van der Waals surface area contributed by atoms with Gasteiger partial charge in [-0.15, -0.1) is 0 Å². The fraction of sp³-hybridized carbons (Fsp3) is 0.467. The van der Waals surface area contributed by atoms with Crippen LogP contribution in [0.15, 0.2) is 24.3 Å². The monoisotopic (exact) mass is 328 g/mol. The Kier molecular flexibility index (Phi) is 3.79. The minimum atomic E-state index is -4.61. The number of nitrogens with zero attached hydrogens (tertiary/aromatic N) is 2. The van der Waals surface area contributed by atoms with Crippen molar-refractivity contribution in [3.8, 4) is 0 Å². The van der Waals surface area contributed by atoms with Gasteiger partial charge < -0.3 is 10.0 Å². The summed E-state index contributed by atoms with van der Waals surface area (Å²) in [5, 5.41) is 10.2. The third-order valence-electron chi connectivity index (χ3n) is 4.26. The molecule has 2 aliphatic rings. The van der Waals surface area contributed by atoms with Gasteiger partial charge in [-0.25, -0.2) is 4.79 Å². The Hall–Kier alpha value is -2.09. The van der Waals surface area contributed by atoms with Crippen LogP contribution in [-0.2, 0) is 11.0 Å². The van der Waals surface area contributed by atoms with Gasteiger partial charge in [0.05, 0.1) is 18.2 Å². The molecule has 0 radical (unpaired) electrons. The normalized spacial score (nSPS) is 22.7. The number of aliphatic hydroxyl groups is 1. The second-order valence-corrected chi connectivity index (χ2v) is 5.68. The predicted octanol–water partition coefficient (Wildman–Crippen LogP) is 2.17. The summed E-state index contributed by atoms with van der Waals surface area (Å²) >= 11 is 0. The lowest BCUT2D eigenvalue weighted by Gasteiger charge is -2.22. The first-order chi connectivity index (χ1) is 10.8. The van der Waals surface area contributed by atoms with E-state index in [0.29, 0.717) is 13.0 Å². The van der Waals surface area contributed by atoms with Gasteiger partial charge in [0, 0.05) is 6.54 Å². The maximum absolute atomic E-state index is 13.0. The number of amides is 3. The first kappa shape index (κ1) is 15.8. The van der Waals surface area contributed by atoms with Crippen LogP contribution in [-0.4, -0.2) is 46.0 Å². The first-order valence-corrected chi connectivity index (χ1v) is 7.27. The molecule has 3 amide bonds. The molecule has 0 bridgehead atoms. The summed E-state index contributed by atoms with van der Waals surface area (Å²) in [6.45, 7) is -0.0151. The van der Waals surface area contributed by atoms with Gasteiger partial charge >= 0.3 is 12.2 Å². The molecule has 2 heterocycles. The van der Waals surface area contributed by atoms with Gasteiger partial charge in [0.2, 0.25) is 0 Å². The van der Waals surface area contributed by atoms with Crippen molar-refractivity contribution in [3.63, 3.8) is 0 Å². The van der Waals surface area contributed by atoms with E-state index in [4.69, 9.17) is 0 Å². The lowest BCUT2D eigenvalue weighted by molar-refractivity contribution is -0.139. The van der Waals surface area contributed by atoms with Gasteiger partial charge in [0.1, 0.15) is 6.04 Å². The molecule has 2 fully saturated rings. The summed E-state index contributed by atoms with van der Waals surface area (Å²) in [4.78, 5) is 26.6. The smallest absolute Gasteiger partial charge is 0.387 e. The molecular weight excluding hydrogens is 313 g/mol. The molecule has 23 heavy (non-hydrogen) atoms. The van der Waals surface area contributed by atoms with E-state index in [1.165, 1.54) is 17.0 Å². The molecule has 0 aliphatic carbocycles. The number of aliphatic hydroxyl groups excluding tert-OH is 1. The zero-order valence-electron chi connectivity index (χ0n) is 12.1. The third-order valence-corrected chi connectivity index (χ3v) is 4.26. The van der Waals surface area contributed by atoms with Gasteiger partial charge in [0.15, 0.2) is 0 Å². The van der Waals surface area contributed by atoms with Crippen molar-refractivity contribution < 1.29 is 27.9 Å². The van der Waals surface area contributed by atoms with Crippen LogP contribution in [0.3, 0.4) is 0 Å². The largest absolute Gasteiger partial charge is 0.416 e. The Bertz CT molecular complexity index is 625. The molecule has 2 saturated heterocycles. The van der Waals surface area contributed by atoms with E-state index in [-0.39, 0.29) is 5.56 Å². The molecule has 1 aromatic carbocycles. The standard InChI is InChI=1S/C15H15F3N2O3/c16-15(17,18)10-5-2-1-4-9(10)12(21)8-20-13(22)11-6-3-7-19(11)14(20)23/h1-2,4-5,11-12,21H,3,6-8H2/t11-,12+/m1/s1. The second kappa shape index (κ2) is 5.52. The van der Waals surface area contributed by atoms with E-state index in [0.717, 1.165) is 23.5 Å². The van der Waals surface area contributed by atoms with Gasteiger partial charge in [-0.2, -0.15) is 13.2 Å². The second-order valence-electron chi connectivity index (χ2n) is 5.68. The number of hydrogen-bond donors (Lipinski definition) is 1. The number of carbonyl (C=O) groups excluding carboxylic acids is 2. The van der Waals surface area contributed by atoms with Crippen molar-refractivity contribution in [1.29, 1.82) is 0 Å². The molecule has 1 N–H and O–H groups in total. The molecule has 0 aromatic heterocycles. The topological polar surface area (TPSA) is 60.9 Å². The van der Waals surface area contributed by atoms with E-state index < -0.39 is 42.4 Å². The Morgan fingerprint density at radius 3 is 2.61 bits per heavy atom. The summed E-state index contributed by atoms with van der Waals surface area (Å²) in [7, 11) is 0. The van der Waals surface area contributed by atoms with Crippen LogP contribution < -0.4 is 0 Å². The van der Waals surface area contributed by atoms with E-state index in [9.17, 15) is 27.9 Å². The molecule has 0 unspecified atom stereocenters. The van der Waals surface area contributed by atoms with Crippen molar-refractivity contribution in [1.82, 2.24) is 9.80 Å². The number of β-amino-alcohol motifs (C(OH)–C–C–N with tert-alkyl or cyclic N) is 1.